The molecule has 0 aromatic heterocycles. The van der Waals surface area contributed by atoms with Gasteiger partial charge in [-0.2, -0.15) is 0 Å². The van der Waals surface area contributed by atoms with Gasteiger partial charge in [-0.25, -0.2) is 0 Å². The van der Waals surface area contributed by atoms with Crippen molar-refractivity contribution in [3.05, 3.63) is 71.8 Å². The smallest absolute Gasteiger partial charge is 0.0533 e. The highest BCUT2D eigenvalue weighted by molar-refractivity contribution is 7.99. The molecule has 3 heteroatoms. The highest BCUT2D eigenvalue weighted by Gasteiger charge is 2.20. The summed E-state index contributed by atoms with van der Waals surface area (Å²) in [5, 5.41) is 0.603. The molecule has 2 aromatic rings. The number of thioether (sulfide) groups is 1. The third-order valence-corrected chi connectivity index (χ3v) is 6.32. The Hall–Kier alpha value is -1.29. The van der Waals surface area contributed by atoms with Crippen LogP contribution in [0.2, 0.25) is 0 Å². The van der Waals surface area contributed by atoms with E-state index in [2.05, 4.69) is 89.1 Å². The first-order valence-electron chi connectivity index (χ1n) is 9.47. The van der Waals surface area contributed by atoms with E-state index >= 15 is 0 Å². The van der Waals surface area contributed by atoms with E-state index in [9.17, 15) is 0 Å². The SMILES string of the molecule is CC(SCc1ccccc1)N1CCN(CCCc2ccccc2)CC1. The van der Waals surface area contributed by atoms with E-state index in [4.69, 9.17) is 0 Å². The number of hydrogen-bond acceptors (Lipinski definition) is 3. The van der Waals surface area contributed by atoms with Crippen LogP contribution in [0.3, 0.4) is 0 Å². The molecule has 1 fully saturated rings. The van der Waals surface area contributed by atoms with Gasteiger partial charge in [0.05, 0.1) is 5.37 Å². The number of hydrogen-bond donors (Lipinski definition) is 0. The summed E-state index contributed by atoms with van der Waals surface area (Å²) in [4.78, 5) is 5.27. The van der Waals surface area contributed by atoms with Gasteiger partial charge >= 0.3 is 0 Å². The molecule has 1 saturated heterocycles. The zero-order valence-corrected chi connectivity index (χ0v) is 16.1. The van der Waals surface area contributed by atoms with Gasteiger partial charge in [0.15, 0.2) is 0 Å². The normalized spacial score (nSPS) is 17.5. The molecule has 1 unspecified atom stereocenters. The Morgan fingerprint density at radius 1 is 0.840 bits per heavy atom. The van der Waals surface area contributed by atoms with Crippen molar-refractivity contribution in [2.75, 3.05) is 32.7 Å². The van der Waals surface area contributed by atoms with Crippen LogP contribution in [-0.2, 0) is 12.2 Å². The molecule has 0 saturated carbocycles. The molecule has 25 heavy (non-hydrogen) atoms. The Kier molecular flexibility index (Phi) is 7.40. The van der Waals surface area contributed by atoms with Crippen LogP contribution in [0.4, 0.5) is 0 Å². The Labute approximate surface area is 157 Å². The summed E-state index contributed by atoms with van der Waals surface area (Å²) in [5.41, 5.74) is 2.89. The van der Waals surface area contributed by atoms with Gasteiger partial charge in [-0.15, -0.1) is 11.8 Å². The van der Waals surface area contributed by atoms with E-state index in [1.54, 1.807) is 0 Å². The summed E-state index contributed by atoms with van der Waals surface area (Å²) in [6.07, 6.45) is 2.46. The molecule has 0 bridgehead atoms. The minimum atomic E-state index is 0.603. The predicted octanol–water partition coefficient (Wildman–Crippen LogP) is 4.52. The maximum atomic E-state index is 2.64. The van der Waals surface area contributed by atoms with Crippen LogP contribution in [0.5, 0.6) is 0 Å². The summed E-state index contributed by atoms with van der Waals surface area (Å²) >= 11 is 2.06. The van der Waals surface area contributed by atoms with Crippen molar-refractivity contribution in [2.24, 2.45) is 0 Å². The van der Waals surface area contributed by atoms with E-state index in [0.29, 0.717) is 5.37 Å². The van der Waals surface area contributed by atoms with Crippen LogP contribution in [0.15, 0.2) is 60.7 Å². The van der Waals surface area contributed by atoms with Crippen LogP contribution in [0.1, 0.15) is 24.5 Å². The van der Waals surface area contributed by atoms with Crippen molar-refractivity contribution in [1.82, 2.24) is 9.80 Å². The Balaban J connectivity index is 1.32. The largest absolute Gasteiger partial charge is 0.301 e. The summed E-state index contributed by atoms with van der Waals surface area (Å²) in [5.74, 6) is 1.11. The van der Waals surface area contributed by atoms with Crippen molar-refractivity contribution >= 4 is 11.8 Å². The standard InChI is InChI=1S/C22H30N2S/c1-20(25-19-22-11-6-3-7-12-22)24-17-15-23(16-18-24)14-8-13-21-9-4-2-5-10-21/h2-7,9-12,20H,8,13-19H2,1H3. The molecule has 3 rings (SSSR count). The highest BCUT2D eigenvalue weighted by atomic mass is 32.2. The fraction of sp³-hybridized carbons (Fsp3) is 0.455. The van der Waals surface area contributed by atoms with Gasteiger partial charge in [-0.3, -0.25) is 4.90 Å². The Morgan fingerprint density at radius 2 is 1.44 bits per heavy atom. The van der Waals surface area contributed by atoms with Crippen molar-refractivity contribution in [1.29, 1.82) is 0 Å². The fourth-order valence-corrected chi connectivity index (χ4v) is 4.45. The molecule has 2 aromatic carbocycles. The molecule has 1 aliphatic rings. The first kappa shape index (κ1) is 18.5. The molecule has 1 heterocycles. The summed E-state index contributed by atoms with van der Waals surface area (Å²) < 4.78 is 0. The van der Waals surface area contributed by atoms with Crippen molar-refractivity contribution < 1.29 is 0 Å². The lowest BCUT2D eigenvalue weighted by atomic mass is 10.1. The zero-order chi connectivity index (χ0) is 17.3. The molecule has 1 atom stereocenters. The van der Waals surface area contributed by atoms with Crippen LogP contribution in [0, 0.1) is 0 Å². The molecule has 0 spiro atoms. The maximum Gasteiger partial charge on any atom is 0.0533 e. The molecule has 2 nitrogen and oxygen atoms in total. The quantitative estimate of drug-likeness (QED) is 0.688. The van der Waals surface area contributed by atoms with Crippen molar-refractivity contribution in [2.45, 2.75) is 30.9 Å². The Bertz CT molecular complexity index is 594. The second-order valence-electron chi connectivity index (χ2n) is 6.86. The average Bonchev–Trinajstić information content (AvgIpc) is 2.68. The summed E-state index contributed by atoms with van der Waals surface area (Å²) in [6.45, 7) is 8.42. The van der Waals surface area contributed by atoms with E-state index in [0.717, 1.165) is 5.75 Å². The lowest BCUT2D eigenvalue weighted by molar-refractivity contribution is 0.127. The lowest BCUT2D eigenvalue weighted by Crippen LogP contribution is -2.48. The van der Waals surface area contributed by atoms with E-state index in [1.165, 1.54) is 56.7 Å². The fourth-order valence-electron chi connectivity index (χ4n) is 3.40. The number of nitrogens with zero attached hydrogens (tertiary/aromatic N) is 2. The minimum absolute atomic E-state index is 0.603. The van der Waals surface area contributed by atoms with Crippen molar-refractivity contribution in [3.63, 3.8) is 0 Å². The van der Waals surface area contributed by atoms with E-state index in [-0.39, 0.29) is 0 Å². The highest BCUT2D eigenvalue weighted by Crippen LogP contribution is 2.21. The maximum absolute atomic E-state index is 2.64. The van der Waals surface area contributed by atoms with Gasteiger partial charge in [-0.1, -0.05) is 60.7 Å². The minimum Gasteiger partial charge on any atom is -0.301 e. The second kappa shape index (κ2) is 10.0. The van der Waals surface area contributed by atoms with Gasteiger partial charge in [0.1, 0.15) is 0 Å². The van der Waals surface area contributed by atoms with Gasteiger partial charge in [-0.05, 0) is 37.4 Å². The zero-order valence-electron chi connectivity index (χ0n) is 15.3. The molecular formula is C22H30N2S. The number of rotatable bonds is 8. The van der Waals surface area contributed by atoms with Crippen molar-refractivity contribution in [3.8, 4) is 0 Å². The third kappa shape index (κ3) is 6.18. The summed E-state index contributed by atoms with van der Waals surface area (Å²) in [7, 11) is 0. The lowest BCUT2D eigenvalue weighted by Gasteiger charge is -2.37. The topological polar surface area (TPSA) is 6.48 Å². The number of piperazine rings is 1. The van der Waals surface area contributed by atoms with Gasteiger partial charge in [0.25, 0.3) is 0 Å². The van der Waals surface area contributed by atoms with E-state index in [1.807, 2.05) is 0 Å². The van der Waals surface area contributed by atoms with E-state index < -0.39 is 0 Å². The van der Waals surface area contributed by atoms with Gasteiger partial charge in [0, 0.05) is 31.9 Å². The van der Waals surface area contributed by atoms with Crippen LogP contribution >= 0.6 is 11.8 Å². The molecule has 0 N–H and O–H groups in total. The molecule has 134 valence electrons. The summed E-state index contributed by atoms with van der Waals surface area (Å²) in [6, 6.07) is 21.7. The van der Waals surface area contributed by atoms with Crippen LogP contribution in [-0.4, -0.2) is 47.9 Å². The first-order chi connectivity index (χ1) is 12.3. The molecule has 0 amide bonds. The van der Waals surface area contributed by atoms with Crippen LogP contribution < -0.4 is 0 Å². The molecule has 0 radical (unpaired) electrons. The number of benzene rings is 2. The first-order valence-corrected chi connectivity index (χ1v) is 10.5. The second-order valence-corrected chi connectivity index (χ2v) is 8.17. The predicted molar refractivity (Wildman–Crippen MR) is 110 cm³/mol. The molecular weight excluding hydrogens is 324 g/mol. The van der Waals surface area contributed by atoms with Gasteiger partial charge in [0.2, 0.25) is 0 Å². The third-order valence-electron chi connectivity index (χ3n) is 5.04. The molecule has 1 aliphatic heterocycles. The number of aryl methyl sites for hydroxylation is 1. The average molecular weight is 355 g/mol. The molecule has 0 aliphatic carbocycles. The Morgan fingerprint density at radius 3 is 2.08 bits per heavy atom. The van der Waals surface area contributed by atoms with Gasteiger partial charge < -0.3 is 4.90 Å². The monoisotopic (exact) mass is 354 g/mol. The van der Waals surface area contributed by atoms with Crippen LogP contribution in [0.25, 0.3) is 0 Å².